The average molecular weight is 228 g/mol. The number of hydrogen-bond donors (Lipinski definition) is 1. The van der Waals surface area contributed by atoms with Crippen molar-refractivity contribution in [3.05, 3.63) is 16.6 Å². The van der Waals surface area contributed by atoms with Gasteiger partial charge in [0.1, 0.15) is 5.01 Å². The van der Waals surface area contributed by atoms with Gasteiger partial charge in [-0.05, 0) is 13.0 Å². The molecule has 0 saturated carbocycles. The van der Waals surface area contributed by atoms with Crippen molar-refractivity contribution in [1.29, 1.82) is 0 Å². The SMILES string of the molecule is CCCNC(c1nccs1)C(C)COC. The van der Waals surface area contributed by atoms with E-state index in [0.29, 0.717) is 12.0 Å². The zero-order valence-electron chi connectivity index (χ0n) is 9.69. The fraction of sp³-hybridized carbons (Fsp3) is 0.727. The summed E-state index contributed by atoms with van der Waals surface area (Å²) in [5.41, 5.74) is 0. The monoisotopic (exact) mass is 228 g/mol. The van der Waals surface area contributed by atoms with Crippen LogP contribution in [-0.2, 0) is 4.74 Å². The molecule has 1 N–H and O–H groups in total. The fourth-order valence-corrected chi connectivity index (χ4v) is 2.42. The van der Waals surface area contributed by atoms with E-state index in [4.69, 9.17) is 4.74 Å². The van der Waals surface area contributed by atoms with E-state index in [1.165, 1.54) is 0 Å². The van der Waals surface area contributed by atoms with E-state index in [1.807, 2.05) is 11.6 Å². The quantitative estimate of drug-likeness (QED) is 0.778. The summed E-state index contributed by atoms with van der Waals surface area (Å²) in [5.74, 6) is 0.452. The molecule has 1 aromatic rings. The molecule has 0 aromatic carbocycles. The van der Waals surface area contributed by atoms with Gasteiger partial charge in [0.25, 0.3) is 0 Å². The van der Waals surface area contributed by atoms with E-state index in [9.17, 15) is 0 Å². The van der Waals surface area contributed by atoms with Crippen molar-refractivity contribution < 1.29 is 4.74 Å². The van der Waals surface area contributed by atoms with Crippen LogP contribution in [0.15, 0.2) is 11.6 Å². The minimum atomic E-state index is 0.324. The first-order chi connectivity index (χ1) is 7.29. The zero-order valence-corrected chi connectivity index (χ0v) is 10.5. The van der Waals surface area contributed by atoms with Gasteiger partial charge in [0, 0.05) is 24.6 Å². The second-order valence-electron chi connectivity index (χ2n) is 3.73. The number of methoxy groups -OCH3 is 1. The number of rotatable bonds is 7. The smallest absolute Gasteiger partial charge is 0.110 e. The molecule has 0 aliphatic heterocycles. The summed E-state index contributed by atoms with van der Waals surface area (Å²) in [6.07, 6.45) is 3.00. The molecule has 0 saturated heterocycles. The molecule has 0 amide bonds. The van der Waals surface area contributed by atoms with E-state index >= 15 is 0 Å². The van der Waals surface area contributed by atoms with Crippen LogP contribution in [-0.4, -0.2) is 25.2 Å². The Hall–Kier alpha value is -0.450. The molecular weight excluding hydrogens is 208 g/mol. The molecule has 2 atom stereocenters. The normalized spacial score (nSPS) is 15.1. The van der Waals surface area contributed by atoms with Gasteiger partial charge in [-0.1, -0.05) is 13.8 Å². The molecule has 1 heterocycles. The third-order valence-corrected chi connectivity index (χ3v) is 3.19. The minimum Gasteiger partial charge on any atom is -0.384 e. The predicted octanol–water partition coefficient (Wildman–Crippen LogP) is 2.47. The van der Waals surface area contributed by atoms with E-state index in [1.54, 1.807) is 18.4 Å². The van der Waals surface area contributed by atoms with Crippen LogP contribution in [0.2, 0.25) is 0 Å². The van der Waals surface area contributed by atoms with E-state index in [2.05, 4.69) is 24.1 Å². The van der Waals surface area contributed by atoms with Gasteiger partial charge in [0.2, 0.25) is 0 Å². The molecule has 15 heavy (non-hydrogen) atoms. The highest BCUT2D eigenvalue weighted by atomic mass is 32.1. The molecule has 1 rings (SSSR count). The first-order valence-electron chi connectivity index (χ1n) is 5.41. The molecule has 2 unspecified atom stereocenters. The number of nitrogens with zero attached hydrogens (tertiary/aromatic N) is 1. The summed E-state index contributed by atoms with van der Waals surface area (Å²) in [6.45, 7) is 6.16. The van der Waals surface area contributed by atoms with Crippen LogP contribution in [0.4, 0.5) is 0 Å². The maximum Gasteiger partial charge on any atom is 0.110 e. The second-order valence-corrected chi connectivity index (χ2v) is 4.66. The van der Waals surface area contributed by atoms with Gasteiger partial charge in [-0.2, -0.15) is 0 Å². The molecule has 0 aliphatic rings. The van der Waals surface area contributed by atoms with Crippen molar-refractivity contribution in [1.82, 2.24) is 10.3 Å². The van der Waals surface area contributed by atoms with Crippen LogP contribution in [0.25, 0.3) is 0 Å². The van der Waals surface area contributed by atoms with Crippen LogP contribution >= 0.6 is 11.3 Å². The summed E-state index contributed by atoms with van der Waals surface area (Å²) >= 11 is 1.71. The molecular formula is C11H20N2OS. The Morgan fingerprint density at radius 3 is 2.93 bits per heavy atom. The van der Waals surface area contributed by atoms with Gasteiger partial charge in [0.15, 0.2) is 0 Å². The van der Waals surface area contributed by atoms with Gasteiger partial charge in [-0.25, -0.2) is 4.98 Å². The summed E-state index contributed by atoms with van der Waals surface area (Å²) in [4.78, 5) is 4.37. The van der Waals surface area contributed by atoms with Crippen LogP contribution in [0.5, 0.6) is 0 Å². The third kappa shape index (κ3) is 3.89. The minimum absolute atomic E-state index is 0.324. The van der Waals surface area contributed by atoms with E-state index in [0.717, 1.165) is 24.6 Å². The molecule has 4 heteroatoms. The van der Waals surface area contributed by atoms with Crippen molar-refractivity contribution in [2.75, 3.05) is 20.3 Å². The summed E-state index contributed by atoms with van der Waals surface area (Å²) in [6, 6.07) is 0.324. The highest BCUT2D eigenvalue weighted by molar-refractivity contribution is 7.09. The predicted molar refractivity (Wildman–Crippen MR) is 64.2 cm³/mol. The van der Waals surface area contributed by atoms with Crippen molar-refractivity contribution in [3.8, 4) is 0 Å². The van der Waals surface area contributed by atoms with E-state index < -0.39 is 0 Å². The first-order valence-corrected chi connectivity index (χ1v) is 6.29. The number of aromatic nitrogens is 1. The standard InChI is InChI=1S/C11H20N2OS/c1-4-5-12-10(9(2)8-14-3)11-13-6-7-15-11/h6-7,9-10,12H,4-5,8H2,1-3H3. The van der Waals surface area contributed by atoms with Crippen molar-refractivity contribution in [2.24, 2.45) is 5.92 Å². The molecule has 0 aliphatic carbocycles. The maximum absolute atomic E-state index is 5.20. The summed E-state index contributed by atoms with van der Waals surface area (Å²) < 4.78 is 5.20. The summed E-state index contributed by atoms with van der Waals surface area (Å²) in [5, 5.41) is 6.71. The van der Waals surface area contributed by atoms with Gasteiger partial charge in [-0.15, -0.1) is 11.3 Å². The van der Waals surface area contributed by atoms with Crippen LogP contribution in [0.1, 0.15) is 31.3 Å². The van der Waals surface area contributed by atoms with Crippen LogP contribution in [0.3, 0.4) is 0 Å². The third-order valence-electron chi connectivity index (χ3n) is 2.33. The highest BCUT2D eigenvalue weighted by Gasteiger charge is 2.20. The topological polar surface area (TPSA) is 34.2 Å². The van der Waals surface area contributed by atoms with Gasteiger partial charge >= 0.3 is 0 Å². The second kappa shape index (κ2) is 6.93. The number of thiazole rings is 1. The average Bonchev–Trinajstić information content (AvgIpc) is 2.72. The van der Waals surface area contributed by atoms with Crippen molar-refractivity contribution in [2.45, 2.75) is 26.3 Å². The lowest BCUT2D eigenvalue weighted by atomic mass is 10.0. The number of nitrogens with one attached hydrogen (secondary N) is 1. The van der Waals surface area contributed by atoms with Crippen molar-refractivity contribution in [3.63, 3.8) is 0 Å². The van der Waals surface area contributed by atoms with Gasteiger partial charge in [-0.3, -0.25) is 0 Å². The Balaban J connectivity index is 2.60. The molecule has 0 bridgehead atoms. The zero-order chi connectivity index (χ0) is 11.1. The summed E-state index contributed by atoms with van der Waals surface area (Å²) in [7, 11) is 1.75. The Morgan fingerprint density at radius 1 is 1.60 bits per heavy atom. The largest absolute Gasteiger partial charge is 0.384 e. The lowest BCUT2D eigenvalue weighted by Crippen LogP contribution is -2.29. The lowest BCUT2D eigenvalue weighted by Gasteiger charge is -2.22. The van der Waals surface area contributed by atoms with Crippen LogP contribution in [0, 0.1) is 5.92 Å². The maximum atomic E-state index is 5.20. The lowest BCUT2D eigenvalue weighted by molar-refractivity contribution is 0.139. The Morgan fingerprint density at radius 2 is 2.40 bits per heavy atom. The van der Waals surface area contributed by atoms with Crippen LogP contribution < -0.4 is 5.32 Å². The van der Waals surface area contributed by atoms with Crippen molar-refractivity contribution >= 4 is 11.3 Å². The Kier molecular flexibility index (Phi) is 5.83. The molecule has 86 valence electrons. The molecule has 1 aromatic heterocycles. The number of ether oxygens (including phenoxy) is 1. The Bertz CT molecular complexity index is 251. The van der Waals surface area contributed by atoms with E-state index in [-0.39, 0.29) is 0 Å². The fourth-order valence-electron chi connectivity index (χ4n) is 1.58. The highest BCUT2D eigenvalue weighted by Crippen LogP contribution is 2.23. The molecule has 0 spiro atoms. The molecule has 0 radical (unpaired) electrons. The first kappa shape index (κ1) is 12.6. The van der Waals surface area contributed by atoms with Gasteiger partial charge < -0.3 is 10.1 Å². The molecule has 3 nitrogen and oxygen atoms in total. The Labute approximate surface area is 95.9 Å². The molecule has 0 fully saturated rings. The van der Waals surface area contributed by atoms with Gasteiger partial charge in [0.05, 0.1) is 12.6 Å². The number of hydrogen-bond acceptors (Lipinski definition) is 4.